The minimum atomic E-state index is -0.351. The second kappa shape index (κ2) is 9.16. The zero-order chi connectivity index (χ0) is 25.6. The number of benzene rings is 3. The molecule has 0 radical (unpaired) electrons. The fourth-order valence-corrected chi connectivity index (χ4v) is 6.59. The third-order valence-corrected chi connectivity index (χ3v) is 8.37. The lowest BCUT2D eigenvalue weighted by atomic mass is 9.56. The minimum Gasteiger partial charge on any atom is -0.497 e. The summed E-state index contributed by atoms with van der Waals surface area (Å²) < 4.78 is 5.57. The molecule has 3 atom stereocenters. The van der Waals surface area contributed by atoms with Gasteiger partial charge in [0.1, 0.15) is 5.75 Å². The fourth-order valence-electron chi connectivity index (χ4n) is 6.59. The summed E-state index contributed by atoms with van der Waals surface area (Å²) in [5.41, 5.74) is 5.08. The average molecular weight is 496 g/mol. The Kier molecular flexibility index (Phi) is 5.80. The van der Waals surface area contributed by atoms with Crippen LogP contribution < -0.4 is 10.1 Å². The highest BCUT2D eigenvalue weighted by Crippen LogP contribution is 2.50. The van der Waals surface area contributed by atoms with Crippen molar-refractivity contribution in [1.82, 2.24) is 10.3 Å². The Bertz CT molecular complexity index is 1500. The normalized spacial score (nSPS) is 22.7. The van der Waals surface area contributed by atoms with Crippen LogP contribution in [0.3, 0.4) is 0 Å². The van der Waals surface area contributed by atoms with Crippen LogP contribution in [0.2, 0.25) is 0 Å². The molecule has 2 heterocycles. The highest BCUT2D eigenvalue weighted by molar-refractivity contribution is 5.89. The van der Waals surface area contributed by atoms with Crippen molar-refractivity contribution in [1.29, 1.82) is 0 Å². The van der Waals surface area contributed by atoms with E-state index in [-0.39, 0.29) is 33.8 Å². The number of rotatable bonds is 6. The molecule has 0 amide bonds. The van der Waals surface area contributed by atoms with Gasteiger partial charge in [0.15, 0.2) is 5.78 Å². The van der Waals surface area contributed by atoms with Crippen LogP contribution >= 0.6 is 0 Å². The summed E-state index contributed by atoms with van der Waals surface area (Å²) >= 11 is 0. The zero-order valence-corrected chi connectivity index (χ0v) is 20.7. The van der Waals surface area contributed by atoms with Crippen molar-refractivity contribution >= 4 is 22.4 Å². The van der Waals surface area contributed by atoms with Crippen molar-refractivity contribution in [2.24, 2.45) is 5.92 Å². The van der Waals surface area contributed by atoms with E-state index in [9.17, 15) is 14.9 Å². The Morgan fingerprint density at radius 1 is 1.11 bits per heavy atom. The molecule has 1 saturated heterocycles. The summed E-state index contributed by atoms with van der Waals surface area (Å²) in [6.45, 7) is 0.736. The van der Waals surface area contributed by atoms with Gasteiger partial charge in [-0.15, -0.1) is 0 Å². The zero-order valence-electron chi connectivity index (χ0n) is 20.7. The molecule has 1 aliphatic carbocycles. The van der Waals surface area contributed by atoms with Gasteiger partial charge in [-0.3, -0.25) is 14.9 Å². The van der Waals surface area contributed by atoms with Gasteiger partial charge >= 0.3 is 0 Å². The molecule has 7 nitrogen and oxygen atoms in total. The average Bonchev–Trinajstić information content (AvgIpc) is 3.28. The summed E-state index contributed by atoms with van der Waals surface area (Å²) in [6, 6.07) is 22.8. The molecule has 7 heteroatoms. The number of nitrogens with one attached hydrogen (secondary N) is 2. The summed E-state index contributed by atoms with van der Waals surface area (Å²) in [5.74, 6) is 0.974. The van der Waals surface area contributed by atoms with Crippen LogP contribution in [0.25, 0.3) is 10.9 Å². The van der Waals surface area contributed by atoms with Gasteiger partial charge in [0.25, 0.3) is 5.69 Å². The number of H-pyrrole nitrogens is 1. The fraction of sp³-hybridized carbons (Fsp3) is 0.300. The number of piperidine rings is 1. The molecular weight excluding hydrogens is 466 g/mol. The van der Waals surface area contributed by atoms with E-state index in [1.807, 2.05) is 42.5 Å². The number of non-ortho nitro benzene ring substituents is 1. The first-order valence-corrected chi connectivity index (χ1v) is 12.7. The first-order valence-electron chi connectivity index (χ1n) is 12.7. The molecule has 0 bridgehead atoms. The molecule has 37 heavy (non-hydrogen) atoms. The summed E-state index contributed by atoms with van der Waals surface area (Å²) in [7, 11) is 1.67. The maximum Gasteiger partial charge on any atom is 0.270 e. The van der Waals surface area contributed by atoms with Crippen LogP contribution in [0.4, 0.5) is 5.69 Å². The molecule has 0 saturated carbocycles. The number of methoxy groups -OCH3 is 1. The molecular formula is C30H29N3O4. The van der Waals surface area contributed by atoms with Crippen molar-refractivity contribution in [2.45, 2.75) is 37.1 Å². The highest BCUT2D eigenvalue weighted by Gasteiger charge is 2.52. The van der Waals surface area contributed by atoms with Gasteiger partial charge < -0.3 is 15.0 Å². The largest absolute Gasteiger partial charge is 0.497 e. The smallest absolute Gasteiger partial charge is 0.270 e. The van der Waals surface area contributed by atoms with Gasteiger partial charge in [-0.25, -0.2) is 0 Å². The number of ether oxygens (including phenoxy) is 1. The van der Waals surface area contributed by atoms with Crippen LogP contribution in [0.1, 0.15) is 28.8 Å². The Morgan fingerprint density at radius 3 is 2.73 bits per heavy atom. The van der Waals surface area contributed by atoms with Gasteiger partial charge in [-0.05, 0) is 66.6 Å². The predicted octanol–water partition coefficient (Wildman–Crippen LogP) is 4.91. The maximum atomic E-state index is 13.8. The third kappa shape index (κ3) is 4.00. The quantitative estimate of drug-likeness (QED) is 0.293. The number of nitro groups is 1. The SMILES string of the molecule is COc1cccc([C@]23CCNC(C(=O)Cc4ccccc4)C2Cc2c([nH]c4ccc([N+](=O)[O-])cc24)C3)c1. The first-order chi connectivity index (χ1) is 18.0. The lowest BCUT2D eigenvalue weighted by Crippen LogP contribution is -2.60. The van der Waals surface area contributed by atoms with Crippen LogP contribution in [-0.2, 0) is 29.5 Å². The molecule has 188 valence electrons. The van der Waals surface area contributed by atoms with Gasteiger partial charge in [-0.2, -0.15) is 0 Å². The second-order valence-corrected chi connectivity index (χ2v) is 10.3. The highest BCUT2D eigenvalue weighted by atomic mass is 16.6. The number of nitro benzene ring substituents is 1. The first kappa shape index (κ1) is 23.4. The Hall–Kier alpha value is -3.97. The predicted molar refractivity (Wildman–Crippen MR) is 142 cm³/mol. The lowest BCUT2D eigenvalue weighted by Gasteiger charge is -2.51. The number of nitrogens with zero attached hydrogens (tertiary/aromatic N) is 1. The number of ketones is 1. The Balaban J connectivity index is 1.47. The number of hydrogen-bond acceptors (Lipinski definition) is 5. The van der Waals surface area contributed by atoms with E-state index in [0.29, 0.717) is 12.8 Å². The molecule has 6 rings (SSSR count). The van der Waals surface area contributed by atoms with E-state index < -0.39 is 0 Å². The van der Waals surface area contributed by atoms with E-state index in [1.54, 1.807) is 25.3 Å². The number of carbonyl (C=O) groups excluding carboxylic acids is 1. The summed E-state index contributed by atoms with van der Waals surface area (Å²) in [6.07, 6.45) is 2.65. The number of hydrogen-bond donors (Lipinski definition) is 2. The third-order valence-electron chi connectivity index (χ3n) is 8.37. The number of fused-ring (bicyclic) bond motifs is 4. The molecule has 1 fully saturated rings. The van der Waals surface area contributed by atoms with E-state index in [4.69, 9.17) is 4.74 Å². The van der Waals surface area contributed by atoms with Crippen molar-refractivity contribution in [3.8, 4) is 5.75 Å². The summed E-state index contributed by atoms with van der Waals surface area (Å²) in [4.78, 5) is 28.5. The van der Waals surface area contributed by atoms with Crippen molar-refractivity contribution in [3.63, 3.8) is 0 Å². The molecule has 2 aliphatic rings. The van der Waals surface area contributed by atoms with Gasteiger partial charge in [0.05, 0.1) is 18.1 Å². The van der Waals surface area contributed by atoms with E-state index in [2.05, 4.69) is 22.4 Å². The molecule has 1 aliphatic heterocycles. The van der Waals surface area contributed by atoms with Crippen molar-refractivity contribution in [3.05, 3.63) is 105 Å². The van der Waals surface area contributed by atoms with Crippen LogP contribution in [-0.4, -0.2) is 35.4 Å². The summed E-state index contributed by atoms with van der Waals surface area (Å²) in [5, 5.41) is 15.9. The maximum absolute atomic E-state index is 13.8. The van der Waals surface area contributed by atoms with Crippen LogP contribution in [0.5, 0.6) is 5.75 Å². The van der Waals surface area contributed by atoms with Crippen LogP contribution in [0, 0.1) is 16.0 Å². The van der Waals surface area contributed by atoms with Crippen molar-refractivity contribution < 1.29 is 14.5 Å². The molecule has 4 aromatic rings. The lowest BCUT2D eigenvalue weighted by molar-refractivity contribution is -0.384. The van der Waals surface area contributed by atoms with E-state index >= 15 is 0 Å². The molecule has 2 unspecified atom stereocenters. The van der Waals surface area contributed by atoms with E-state index in [1.165, 1.54) is 5.56 Å². The Labute approximate surface area is 215 Å². The van der Waals surface area contributed by atoms with Crippen molar-refractivity contribution in [2.75, 3.05) is 13.7 Å². The standard InChI is InChI=1S/C30H29N3O4/c1-37-22-9-5-8-20(15-22)30-12-13-31-29(28(34)14-19-6-3-2-4-7-19)25(30)17-24-23-16-21(33(35)36)10-11-26(23)32-27(24)18-30/h2-11,15-16,25,29,31-32H,12-14,17-18H2,1H3/t25?,29?,30-/m1/s1. The van der Waals surface area contributed by atoms with Gasteiger partial charge in [0.2, 0.25) is 0 Å². The van der Waals surface area contributed by atoms with E-state index in [0.717, 1.165) is 52.9 Å². The number of aromatic nitrogens is 1. The monoisotopic (exact) mass is 495 g/mol. The van der Waals surface area contributed by atoms with Crippen LogP contribution in [0.15, 0.2) is 72.8 Å². The number of aromatic amines is 1. The molecule has 3 aromatic carbocycles. The minimum absolute atomic E-state index is 0.00432. The van der Waals surface area contributed by atoms with Gasteiger partial charge in [-0.1, -0.05) is 42.5 Å². The molecule has 1 aromatic heterocycles. The molecule has 0 spiro atoms. The Morgan fingerprint density at radius 2 is 1.95 bits per heavy atom. The van der Waals surface area contributed by atoms with Gasteiger partial charge in [0, 0.05) is 40.6 Å². The number of Topliss-reactive ketones (excluding diaryl/α,β-unsaturated/α-hetero) is 1. The molecule has 2 N–H and O–H groups in total. The number of carbonyl (C=O) groups is 1. The topological polar surface area (TPSA) is 97.3 Å². The second-order valence-electron chi connectivity index (χ2n) is 10.3.